The van der Waals surface area contributed by atoms with Gasteiger partial charge in [-0.1, -0.05) is 29.3 Å². The number of aromatic nitrogens is 1. The molecular formula is C17H16Cl2F2N2O3. The van der Waals surface area contributed by atoms with Crippen molar-refractivity contribution < 1.29 is 23.0 Å². The van der Waals surface area contributed by atoms with Crippen molar-refractivity contribution in [1.29, 1.82) is 0 Å². The van der Waals surface area contributed by atoms with Crippen LogP contribution in [0.2, 0.25) is 10.3 Å². The van der Waals surface area contributed by atoms with Crippen LogP contribution in [0, 0.1) is 0 Å². The summed E-state index contributed by atoms with van der Waals surface area (Å²) in [6.45, 7) is -0.728. The van der Waals surface area contributed by atoms with Gasteiger partial charge in [-0.15, -0.1) is 0 Å². The Morgan fingerprint density at radius 2 is 1.85 bits per heavy atom. The fraction of sp³-hybridized carbons (Fsp3) is 0.294. The van der Waals surface area contributed by atoms with Crippen LogP contribution in [0.5, 0.6) is 11.5 Å². The fourth-order valence-electron chi connectivity index (χ4n) is 2.27. The normalized spacial score (nSPS) is 10.7. The van der Waals surface area contributed by atoms with Gasteiger partial charge in [0, 0.05) is 19.2 Å². The summed E-state index contributed by atoms with van der Waals surface area (Å²) >= 11 is 11.6. The Hall–Kier alpha value is -2.12. The van der Waals surface area contributed by atoms with Crippen LogP contribution < -0.4 is 9.47 Å². The molecule has 1 aromatic heterocycles. The number of hydrogen-bond donors (Lipinski definition) is 0. The van der Waals surface area contributed by atoms with Crippen molar-refractivity contribution in [3.63, 3.8) is 0 Å². The highest BCUT2D eigenvalue weighted by Crippen LogP contribution is 2.30. The molecule has 0 unspecified atom stereocenters. The Morgan fingerprint density at radius 1 is 1.19 bits per heavy atom. The molecule has 9 heteroatoms. The molecule has 0 saturated heterocycles. The number of benzene rings is 1. The molecule has 0 spiro atoms. The molecule has 0 fully saturated rings. The van der Waals surface area contributed by atoms with E-state index < -0.39 is 6.61 Å². The highest BCUT2D eigenvalue weighted by Gasteiger charge is 2.16. The Morgan fingerprint density at radius 3 is 2.42 bits per heavy atom. The second-order valence-corrected chi connectivity index (χ2v) is 6.03. The predicted molar refractivity (Wildman–Crippen MR) is 94.3 cm³/mol. The lowest BCUT2D eigenvalue weighted by molar-refractivity contribution is -0.0514. The van der Waals surface area contributed by atoms with E-state index in [9.17, 15) is 13.6 Å². The summed E-state index contributed by atoms with van der Waals surface area (Å²) in [6, 6.07) is 7.34. The van der Waals surface area contributed by atoms with Gasteiger partial charge in [0.05, 0.1) is 6.61 Å². The van der Waals surface area contributed by atoms with E-state index in [2.05, 4.69) is 9.72 Å². The second-order valence-electron chi connectivity index (χ2n) is 5.26. The van der Waals surface area contributed by atoms with Gasteiger partial charge >= 0.3 is 6.61 Å². The SMILES string of the molecule is CCOc1cc(CN(C)C(=O)c2cc(Cl)nc(Cl)c2)ccc1OC(F)F. The minimum Gasteiger partial charge on any atom is -0.490 e. The number of rotatable bonds is 7. The maximum Gasteiger partial charge on any atom is 0.387 e. The molecule has 2 aromatic rings. The van der Waals surface area contributed by atoms with Crippen LogP contribution in [-0.2, 0) is 6.54 Å². The molecule has 1 heterocycles. The molecule has 0 bridgehead atoms. The van der Waals surface area contributed by atoms with Gasteiger partial charge in [-0.2, -0.15) is 8.78 Å². The van der Waals surface area contributed by atoms with E-state index in [4.69, 9.17) is 27.9 Å². The highest BCUT2D eigenvalue weighted by atomic mass is 35.5. The van der Waals surface area contributed by atoms with Crippen molar-refractivity contribution in [2.45, 2.75) is 20.1 Å². The number of nitrogens with zero attached hydrogens (tertiary/aromatic N) is 2. The fourth-order valence-corrected chi connectivity index (χ4v) is 2.73. The molecule has 0 radical (unpaired) electrons. The van der Waals surface area contributed by atoms with E-state index in [0.29, 0.717) is 11.1 Å². The molecule has 0 aliphatic heterocycles. The molecule has 2 rings (SSSR count). The minimum atomic E-state index is -2.95. The maximum absolute atomic E-state index is 12.5. The summed E-state index contributed by atoms with van der Waals surface area (Å²) in [5.74, 6) is -0.199. The third-order valence-corrected chi connectivity index (χ3v) is 3.69. The Labute approximate surface area is 159 Å². The van der Waals surface area contributed by atoms with Crippen LogP contribution >= 0.6 is 23.2 Å². The lowest BCUT2D eigenvalue weighted by Crippen LogP contribution is -2.26. The number of carbonyl (C=O) groups excluding carboxylic acids is 1. The van der Waals surface area contributed by atoms with Crippen molar-refractivity contribution in [3.05, 3.63) is 51.8 Å². The number of hydrogen-bond acceptors (Lipinski definition) is 4. The molecule has 0 atom stereocenters. The Bertz CT molecular complexity index is 770. The van der Waals surface area contributed by atoms with Gasteiger partial charge in [0.2, 0.25) is 0 Å². The minimum absolute atomic E-state index is 0.0627. The van der Waals surface area contributed by atoms with Crippen LogP contribution in [-0.4, -0.2) is 36.1 Å². The quantitative estimate of drug-likeness (QED) is 0.629. The summed E-state index contributed by atoms with van der Waals surface area (Å²) in [6.07, 6.45) is 0. The average molecular weight is 405 g/mol. The van der Waals surface area contributed by atoms with Gasteiger partial charge in [0.25, 0.3) is 5.91 Å². The van der Waals surface area contributed by atoms with E-state index in [-0.39, 0.29) is 40.9 Å². The van der Waals surface area contributed by atoms with E-state index in [0.717, 1.165) is 0 Å². The van der Waals surface area contributed by atoms with Crippen molar-refractivity contribution in [1.82, 2.24) is 9.88 Å². The van der Waals surface area contributed by atoms with Crippen molar-refractivity contribution in [2.75, 3.05) is 13.7 Å². The molecule has 1 amide bonds. The third-order valence-electron chi connectivity index (χ3n) is 3.30. The third kappa shape index (κ3) is 5.44. The van der Waals surface area contributed by atoms with Gasteiger partial charge in [0.1, 0.15) is 10.3 Å². The molecule has 0 aliphatic rings. The van der Waals surface area contributed by atoms with Crippen LogP contribution in [0.15, 0.2) is 30.3 Å². The molecule has 0 N–H and O–H groups in total. The van der Waals surface area contributed by atoms with Gasteiger partial charge < -0.3 is 14.4 Å². The molecule has 0 saturated carbocycles. The van der Waals surface area contributed by atoms with Crippen molar-refractivity contribution in [3.8, 4) is 11.5 Å². The average Bonchev–Trinajstić information content (AvgIpc) is 2.55. The lowest BCUT2D eigenvalue weighted by atomic mass is 10.1. The molecule has 5 nitrogen and oxygen atoms in total. The number of carbonyl (C=O) groups is 1. The highest BCUT2D eigenvalue weighted by molar-refractivity contribution is 6.33. The topological polar surface area (TPSA) is 51.7 Å². The van der Waals surface area contributed by atoms with E-state index >= 15 is 0 Å². The van der Waals surface area contributed by atoms with Crippen LogP contribution in [0.25, 0.3) is 0 Å². The first kappa shape index (κ1) is 20.2. The van der Waals surface area contributed by atoms with E-state index in [1.54, 1.807) is 26.1 Å². The van der Waals surface area contributed by atoms with Crippen LogP contribution in [0.3, 0.4) is 0 Å². The summed E-state index contributed by atoms with van der Waals surface area (Å²) in [5.41, 5.74) is 0.970. The predicted octanol–water partition coefficient (Wildman–Crippen LogP) is 4.66. The number of halogens is 4. The van der Waals surface area contributed by atoms with E-state index in [1.165, 1.54) is 23.1 Å². The zero-order valence-electron chi connectivity index (χ0n) is 14.0. The van der Waals surface area contributed by atoms with Crippen LogP contribution in [0.1, 0.15) is 22.8 Å². The zero-order chi connectivity index (χ0) is 19.3. The van der Waals surface area contributed by atoms with Crippen molar-refractivity contribution >= 4 is 29.1 Å². The summed E-state index contributed by atoms with van der Waals surface area (Å²) < 4.78 is 34.7. The standard InChI is InChI=1S/C17H16Cl2F2N2O3/c1-3-25-13-6-10(4-5-12(13)26-17(20)21)9-23(2)16(24)11-7-14(18)22-15(19)8-11/h4-8,17H,3,9H2,1-2H3. The number of pyridine rings is 1. The second kappa shape index (κ2) is 9.00. The smallest absolute Gasteiger partial charge is 0.387 e. The summed E-state index contributed by atoms with van der Waals surface area (Å²) in [7, 11) is 1.59. The molecule has 140 valence electrons. The van der Waals surface area contributed by atoms with Gasteiger partial charge in [-0.3, -0.25) is 4.79 Å². The maximum atomic E-state index is 12.5. The number of amides is 1. The first-order valence-electron chi connectivity index (χ1n) is 7.59. The molecular weight excluding hydrogens is 389 g/mol. The summed E-state index contributed by atoms with van der Waals surface area (Å²) in [4.78, 5) is 17.7. The molecule has 1 aromatic carbocycles. The first-order chi connectivity index (χ1) is 12.3. The number of ether oxygens (including phenoxy) is 2. The van der Waals surface area contributed by atoms with E-state index in [1.807, 2.05) is 0 Å². The molecule has 0 aliphatic carbocycles. The van der Waals surface area contributed by atoms with Crippen molar-refractivity contribution in [2.24, 2.45) is 0 Å². The Kier molecular flexibility index (Phi) is 6.99. The molecule has 26 heavy (non-hydrogen) atoms. The van der Waals surface area contributed by atoms with Gasteiger partial charge in [0.15, 0.2) is 11.5 Å². The lowest BCUT2D eigenvalue weighted by Gasteiger charge is -2.19. The largest absolute Gasteiger partial charge is 0.490 e. The number of alkyl halides is 2. The Balaban J connectivity index is 2.18. The zero-order valence-corrected chi connectivity index (χ0v) is 15.5. The van der Waals surface area contributed by atoms with Gasteiger partial charge in [-0.25, -0.2) is 4.98 Å². The monoisotopic (exact) mass is 404 g/mol. The first-order valence-corrected chi connectivity index (χ1v) is 8.34. The van der Waals surface area contributed by atoms with Crippen LogP contribution in [0.4, 0.5) is 8.78 Å². The van der Waals surface area contributed by atoms with Gasteiger partial charge in [-0.05, 0) is 36.8 Å². The summed E-state index contributed by atoms with van der Waals surface area (Å²) in [5, 5.41) is 0.225.